The predicted octanol–water partition coefficient (Wildman–Crippen LogP) is 2.00. The molecule has 0 aliphatic carbocycles. The smallest absolute Gasteiger partial charge is 0.137 e. The molecular weight excluding hydrogens is 275 g/mol. The molecule has 3 nitrogen and oxygen atoms in total. The van der Waals surface area contributed by atoms with Crippen molar-refractivity contribution in [3.05, 3.63) is 34.1 Å². The summed E-state index contributed by atoms with van der Waals surface area (Å²) in [6, 6.07) is 4.93. The third kappa shape index (κ3) is 3.52. The maximum atomic E-state index is 13.0. The van der Waals surface area contributed by atoms with Gasteiger partial charge in [-0.15, -0.1) is 0 Å². The lowest BCUT2D eigenvalue weighted by Gasteiger charge is -2.22. The number of benzene rings is 1. The van der Waals surface area contributed by atoms with E-state index in [0.717, 1.165) is 5.56 Å². The Hall–Kier alpha value is -0.490. The normalized spacial score (nSPS) is 14.8. The van der Waals surface area contributed by atoms with Gasteiger partial charge in [0.05, 0.1) is 16.6 Å². The molecule has 2 atom stereocenters. The van der Waals surface area contributed by atoms with Gasteiger partial charge in [-0.25, -0.2) is 4.39 Å². The van der Waals surface area contributed by atoms with Gasteiger partial charge in [0.25, 0.3) is 0 Å². The Labute approximate surface area is 103 Å². The number of rotatable bonds is 5. The van der Waals surface area contributed by atoms with Crippen LogP contribution in [-0.2, 0) is 11.2 Å². The molecule has 2 unspecified atom stereocenters. The molecule has 0 heterocycles. The van der Waals surface area contributed by atoms with Gasteiger partial charge in [-0.3, -0.25) is 11.3 Å². The molecule has 1 aromatic rings. The lowest BCUT2D eigenvalue weighted by molar-refractivity contribution is 0.0831. The number of ether oxygens (including phenoxy) is 1. The first-order valence-electron chi connectivity index (χ1n) is 5.01. The Morgan fingerprint density at radius 1 is 1.56 bits per heavy atom. The van der Waals surface area contributed by atoms with Crippen LogP contribution in [0.3, 0.4) is 0 Å². The number of methoxy groups -OCH3 is 1. The Kier molecular flexibility index (Phi) is 5.34. The van der Waals surface area contributed by atoms with Crippen molar-refractivity contribution in [1.29, 1.82) is 0 Å². The van der Waals surface area contributed by atoms with E-state index in [1.807, 2.05) is 6.92 Å². The largest absolute Gasteiger partial charge is 0.380 e. The molecule has 0 radical (unpaired) electrons. The average molecular weight is 291 g/mol. The number of halogens is 2. The average Bonchev–Trinajstić information content (AvgIpc) is 2.29. The van der Waals surface area contributed by atoms with E-state index >= 15 is 0 Å². The molecule has 0 spiro atoms. The number of nitrogens with two attached hydrogens (primary N) is 1. The molecule has 0 saturated carbocycles. The van der Waals surface area contributed by atoms with Crippen LogP contribution in [0.5, 0.6) is 0 Å². The molecule has 16 heavy (non-hydrogen) atoms. The molecular formula is C11H16BrFN2O. The van der Waals surface area contributed by atoms with Crippen molar-refractivity contribution in [3.8, 4) is 0 Å². The van der Waals surface area contributed by atoms with Crippen molar-refractivity contribution in [2.24, 2.45) is 5.84 Å². The highest BCUT2D eigenvalue weighted by Gasteiger charge is 2.16. The van der Waals surface area contributed by atoms with Gasteiger partial charge in [-0.05, 0) is 47.0 Å². The molecule has 0 aliphatic rings. The van der Waals surface area contributed by atoms with Gasteiger partial charge in [-0.1, -0.05) is 6.07 Å². The molecule has 0 fully saturated rings. The Morgan fingerprint density at radius 2 is 2.25 bits per heavy atom. The summed E-state index contributed by atoms with van der Waals surface area (Å²) in [6.45, 7) is 1.93. The summed E-state index contributed by atoms with van der Waals surface area (Å²) in [5, 5.41) is 0. The van der Waals surface area contributed by atoms with Crippen LogP contribution in [0.4, 0.5) is 4.39 Å². The molecule has 0 aliphatic heterocycles. The number of nitrogens with one attached hydrogen (secondary N) is 1. The van der Waals surface area contributed by atoms with E-state index in [4.69, 9.17) is 10.6 Å². The zero-order valence-corrected chi connectivity index (χ0v) is 10.9. The van der Waals surface area contributed by atoms with Crippen molar-refractivity contribution in [3.63, 3.8) is 0 Å². The first kappa shape index (κ1) is 13.6. The predicted molar refractivity (Wildman–Crippen MR) is 65.4 cm³/mol. The van der Waals surface area contributed by atoms with E-state index in [0.29, 0.717) is 10.9 Å². The second kappa shape index (κ2) is 6.30. The fourth-order valence-corrected chi connectivity index (χ4v) is 1.87. The quantitative estimate of drug-likeness (QED) is 0.644. The van der Waals surface area contributed by atoms with E-state index in [-0.39, 0.29) is 18.0 Å². The molecule has 0 bridgehead atoms. The zero-order valence-electron chi connectivity index (χ0n) is 9.34. The number of hydrazine groups is 1. The zero-order chi connectivity index (χ0) is 12.1. The number of hydrogen-bond acceptors (Lipinski definition) is 3. The second-order valence-corrected chi connectivity index (χ2v) is 4.52. The summed E-state index contributed by atoms with van der Waals surface area (Å²) in [5.74, 6) is 5.19. The summed E-state index contributed by atoms with van der Waals surface area (Å²) in [5.41, 5.74) is 3.70. The van der Waals surface area contributed by atoms with E-state index in [1.54, 1.807) is 19.2 Å². The SMILES string of the molecule is COC(C)C(Cc1ccc(F)c(Br)c1)NN. The summed E-state index contributed by atoms with van der Waals surface area (Å²) < 4.78 is 18.7. The highest BCUT2D eigenvalue weighted by molar-refractivity contribution is 9.10. The minimum atomic E-state index is -0.263. The van der Waals surface area contributed by atoms with Crippen LogP contribution in [0.15, 0.2) is 22.7 Å². The lowest BCUT2D eigenvalue weighted by atomic mass is 10.0. The minimum absolute atomic E-state index is 0.00219. The molecule has 1 rings (SSSR count). The van der Waals surface area contributed by atoms with E-state index in [2.05, 4.69) is 21.4 Å². The van der Waals surface area contributed by atoms with Gasteiger partial charge >= 0.3 is 0 Å². The van der Waals surface area contributed by atoms with Crippen molar-refractivity contribution in [1.82, 2.24) is 5.43 Å². The highest BCUT2D eigenvalue weighted by Crippen LogP contribution is 2.18. The minimum Gasteiger partial charge on any atom is -0.380 e. The van der Waals surface area contributed by atoms with Crippen LogP contribution in [0.25, 0.3) is 0 Å². The fourth-order valence-electron chi connectivity index (χ4n) is 1.45. The molecule has 5 heteroatoms. The Morgan fingerprint density at radius 3 is 2.75 bits per heavy atom. The van der Waals surface area contributed by atoms with Crippen LogP contribution < -0.4 is 11.3 Å². The maximum absolute atomic E-state index is 13.0. The molecule has 0 saturated heterocycles. The third-order valence-corrected chi connectivity index (χ3v) is 3.20. The van der Waals surface area contributed by atoms with Gasteiger partial charge in [0, 0.05) is 7.11 Å². The van der Waals surface area contributed by atoms with Gasteiger partial charge in [0.15, 0.2) is 0 Å². The van der Waals surface area contributed by atoms with Gasteiger partial charge in [-0.2, -0.15) is 0 Å². The molecule has 1 aromatic carbocycles. The van der Waals surface area contributed by atoms with E-state index in [1.165, 1.54) is 6.07 Å². The second-order valence-electron chi connectivity index (χ2n) is 3.67. The van der Waals surface area contributed by atoms with Crippen molar-refractivity contribution in [2.75, 3.05) is 7.11 Å². The summed E-state index contributed by atoms with van der Waals surface area (Å²) in [6.07, 6.45) is 0.679. The molecule has 90 valence electrons. The summed E-state index contributed by atoms with van der Waals surface area (Å²) >= 11 is 3.15. The van der Waals surface area contributed by atoms with Crippen molar-refractivity contribution in [2.45, 2.75) is 25.5 Å². The first-order valence-corrected chi connectivity index (χ1v) is 5.80. The third-order valence-electron chi connectivity index (χ3n) is 2.59. The maximum Gasteiger partial charge on any atom is 0.137 e. The van der Waals surface area contributed by atoms with Crippen LogP contribution in [-0.4, -0.2) is 19.3 Å². The highest BCUT2D eigenvalue weighted by atomic mass is 79.9. The van der Waals surface area contributed by atoms with E-state index < -0.39 is 0 Å². The van der Waals surface area contributed by atoms with Crippen LogP contribution in [0, 0.1) is 5.82 Å². The summed E-state index contributed by atoms with van der Waals surface area (Å²) in [4.78, 5) is 0. The van der Waals surface area contributed by atoms with Crippen molar-refractivity contribution < 1.29 is 9.13 Å². The standard InChI is InChI=1S/C11H16BrFN2O/c1-7(16-2)11(15-14)6-8-3-4-10(13)9(12)5-8/h3-5,7,11,15H,6,14H2,1-2H3. The van der Waals surface area contributed by atoms with Gasteiger partial charge in [0.2, 0.25) is 0 Å². The molecule has 0 aromatic heterocycles. The fraction of sp³-hybridized carbons (Fsp3) is 0.455. The Balaban J connectivity index is 2.74. The van der Waals surface area contributed by atoms with Crippen LogP contribution >= 0.6 is 15.9 Å². The van der Waals surface area contributed by atoms with Gasteiger partial charge in [0.1, 0.15) is 5.82 Å². The van der Waals surface area contributed by atoms with Crippen LogP contribution in [0.1, 0.15) is 12.5 Å². The lowest BCUT2D eigenvalue weighted by Crippen LogP contribution is -2.45. The van der Waals surface area contributed by atoms with Crippen LogP contribution in [0.2, 0.25) is 0 Å². The Bertz CT molecular complexity index is 349. The van der Waals surface area contributed by atoms with Gasteiger partial charge < -0.3 is 4.74 Å². The topological polar surface area (TPSA) is 47.3 Å². The first-order chi connectivity index (χ1) is 7.58. The molecule has 3 N–H and O–H groups in total. The molecule has 0 amide bonds. The monoisotopic (exact) mass is 290 g/mol. The van der Waals surface area contributed by atoms with E-state index in [9.17, 15) is 4.39 Å². The number of hydrogen-bond donors (Lipinski definition) is 2. The van der Waals surface area contributed by atoms with Crippen molar-refractivity contribution >= 4 is 15.9 Å². The summed E-state index contributed by atoms with van der Waals surface area (Å²) in [7, 11) is 1.63.